The second-order valence-corrected chi connectivity index (χ2v) is 5.15. The summed E-state index contributed by atoms with van der Waals surface area (Å²) < 4.78 is 4.87. The van der Waals surface area contributed by atoms with Crippen LogP contribution in [0.2, 0.25) is 0 Å². The number of nitrogens with two attached hydrogens (primary N) is 1. The van der Waals surface area contributed by atoms with Crippen molar-refractivity contribution in [2.75, 3.05) is 6.54 Å². The lowest BCUT2D eigenvalue weighted by Crippen LogP contribution is -2.31. The SMILES string of the molecule is CC(C)c1ccc(C(N)CNC(=O)c2ccoc2)cc1.Cl. The molecule has 0 saturated heterocycles. The van der Waals surface area contributed by atoms with E-state index in [1.54, 1.807) is 6.07 Å². The molecule has 1 atom stereocenters. The van der Waals surface area contributed by atoms with E-state index in [1.165, 1.54) is 18.1 Å². The van der Waals surface area contributed by atoms with Gasteiger partial charge in [0, 0.05) is 12.6 Å². The lowest BCUT2D eigenvalue weighted by atomic mass is 9.99. The third kappa shape index (κ3) is 4.62. The molecule has 0 saturated carbocycles. The highest BCUT2D eigenvalue weighted by Gasteiger charge is 2.11. The maximum atomic E-state index is 11.8. The third-order valence-electron chi connectivity index (χ3n) is 3.30. The first-order chi connectivity index (χ1) is 9.58. The van der Waals surface area contributed by atoms with E-state index in [1.807, 2.05) is 12.1 Å². The second kappa shape index (κ2) is 7.86. The average molecular weight is 309 g/mol. The Morgan fingerprint density at radius 1 is 1.19 bits per heavy atom. The van der Waals surface area contributed by atoms with Crippen LogP contribution in [0, 0.1) is 0 Å². The van der Waals surface area contributed by atoms with Gasteiger partial charge in [-0.3, -0.25) is 4.79 Å². The van der Waals surface area contributed by atoms with Gasteiger partial charge in [-0.25, -0.2) is 0 Å². The van der Waals surface area contributed by atoms with Crippen LogP contribution >= 0.6 is 12.4 Å². The normalized spacial score (nSPS) is 11.8. The highest BCUT2D eigenvalue weighted by atomic mass is 35.5. The topological polar surface area (TPSA) is 68.3 Å². The Bertz CT molecular complexity index is 550. The molecule has 1 heterocycles. The van der Waals surface area contributed by atoms with E-state index in [9.17, 15) is 4.79 Å². The number of rotatable bonds is 5. The molecular weight excluding hydrogens is 288 g/mol. The number of hydrogen-bond acceptors (Lipinski definition) is 3. The minimum Gasteiger partial charge on any atom is -0.472 e. The Kier molecular flexibility index (Phi) is 6.46. The van der Waals surface area contributed by atoms with Crippen molar-refractivity contribution in [2.24, 2.45) is 5.73 Å². The van der Waals surface area contributed by atoms with E-state index in [0.29, 0.717) is 18.0 Å². The number of benzene rings is 1. The molecule has 2 rings (SSSR count). The van der Waals surface area contributed by atoms with Crippen LogP contribution < -0.4 is 11.1 Å². The molecule has 3 N–H and O–H groups in total. The van der Waals surface area contributed by atoms with Crippen molar-refractivity contribution in [2.45, 2.75) is 25.8 Å². The largest absolute Gasteiger partial charge is 0.472 e. The van der Waals surface area contributed by atoms with E-state index < -0.39 is 0 Å². The zero-order chi connectivity index (χ0) is 14.5. The van der Waals surface area contributed by atoms with Gasteiger partial charge >= 0.3 is 0 Å². The quantitative estimate of drug-likeness (QED) is 0.891. The fraction of sp³-hybridized carbons (Fsp3) is 0.312. The number of carbonyl (C=O) groups excluding carboxylic acids is 1. The first-order valence-corrected chi connectivity index (χ1v) is 6.73. The molecular formula is C16H21ClN2O2. The number of carbonyl (C=O) groups is 1. The molecule has 1 amide bonds. The van der Waals surface area contributed by atoms with Crippen LogP contribution in [0.25, 0.3) is 0 Å². The van der Waals surface area contributed by atoms with Crippen LogP contribution in [0.5, 0.6) is 0 Å². The summed E-state index contributed by atoms with van der Waals surface area (Å²) in [7, 11) is 0. The van der Waals surface area contributed by atoms with Gasteiger partial charge in [-0.15, -0.1) is 12.4 Å². The minimum absolute atomic E-state index is 0. The molecule has 0 spiro atoms. The summed E-state index contributed by atoms with van der Waals surface area (Å²) in [6, 6.07) is 9.61. The molecule has 1 aromatic heterocycles. The highest BCUT2D eigenvalue weighted by molar-refractivity contribution is 5.93. The molecule has 0 bridgehead atoms. The lowest BCUT2D eigenvalue weighted by Gasteiger charge is -2.14. The summed E-state index contributed by atoms with van der Waals surface area (Å²) >= 11 is 0. The first-order valence-electron chi connectivity index (χ1n) is 6.73. The summed E-state index contributed by atoms with van der Waals surface area (Å²) in [4.78, 5) is 11.8. The van der Waals surface area contributed by atoms with E-state index in [2.05, 4.69) is 31.3 Å². The monoisotopic (exact) mass is 308 g/mol. The van der Waals surface area contributed by atoms with Gasteiger partial charge in [-0.1, -0.05) is 38.1 Å². The molecule has 21 heavy (non-hydrogen) atoms. The predicted octanol–water partition coefficient (Wildman–Crippen LogP) is 3.25. The van der Waals surface area contributed by atoms with Gasteiger partial charge < -0.3 is 15.5 Å². The zero-order valence-corrected chi connectivity index (χ0v) is 13.0. The number of furan rings is 1. The number of hydrogen-bond donors (Lipinski definition) is 2. The number of amides is 1. The van der Waals surface area contributed by atoms with Crippen LogP contribution in [0.15, 0.2) is 47.3 Å². The van der Waals surface area contributed by atoms with Crippen molar-refractivity contribution in [1.82, 2.24) is 5.32 Å². The summed E-state index contributed by atoms with van der Waals surface area (Å²) in [5.74, 6) is 0.328. The molecule has 0 aliphatic rings. The average Bonchev–Trinajstić information content (AvgIpc) is 2.98. The molecule has 2 aromatic rings. The smallest absolute Gasteiger partial charge is 0.254 e. The van der Waals surface area contributed by atoms with Crippen molar-refractivity contribution < 1.29 is 9.21 Å². The molecule has 1 aromatic carbocycles. The molecule has 5 heteroatoms. The van der Waals surface area contributed by atoms with Gasteiger partial charge in [-0.2, -0.15) is 0 Å². The predicted molar refractivity (Wildman–Crippen MR) is 85.7 cm³/mol. The van der Waals surface area contributed by atoms with Crippen LogP contribution in [-0.4, -0.2) is 12.5 Å². The molecule has 4 nitrogen and oxygen atoms in total. The summed E-state index contributed by atoms with van der Waals surface area (Å²) in [5, 5.41) is 2.80. The molecule has 1 unspecified atom stereocenters. The van der Waals surface area contributed by atoms with Crippen molar-refractivity contribution in [3.05, 3.63) is 59.5 Å². The van der Waals surface area contributed by atoms with Gasteiger partial charge in [0.1, 0.15) is 6.26 Å². The Labute approximate surface area is 131 Å². The molecule has 0 aliphatic carbocycles. The highest BCUT2D eigenvalue weighted by Crippen LogP contribution is 2.17. The van der Waals surface area contributed by atoms with Gasteiger partial charge in [-0.05, 0) is 23.1 Å². The Balaban J connectivity index is 0.00000220. The van der Waals surface area contributed by atoms with Crippen molar-refractivity contribution in [3.63, 3.8) is 0 Å². The molecule has 0 aliphatic heterocycles. The summed E-state index contributed by atoms with van der Waals surface area (Å²) in [5.41, 5.74) is 8.89. The minimum atomic E-state index is -0.216. The standard InChI is InChI=1S/C16H20N2O2.ClH/c1-11(2)12-3-5-13(6-4-12)15(17)9-18-16(19)14-7-8-20-10-14;/h3-8,10-11,15H,9,17H2,1-2H3,(H,18,19);1H. The van der Waals surface area contributed by atoms with E-state index in [4.69, 9.17) is 10.2 Å². The molecule has 0 radical (unpaired) electrons. The first kappa shape index (κ1) is 17.3. The summed E-state index contributed by atoms with van der Waals surface area (Å²) in [6.07, 6.45) is 2.89. The maximum absolute atomic E-state index is 11.8. The number of nitrogens with one attached hydrogen (secondary N) is 1. The Morgan fingerprint density at radius 2 is 1.81 bits per heavy atom. The van der Waals surface area contributed by atoms with E-state index >= 15 is 0 Å². The number of halogens is 1. The van der Waals surface area contributed by atoms with Crippen LogP contribution in [0.1, 0.15) is 47.3 Å². The van der Waals surface area contributed by atoms with Crippen molar-refractivity contribution in [3.8, 4) is 0 Å². The molecule has 114 valence electrons. The van der Waals surface area contributed by atoms with E-state index in [0.717, 1.165) is 5.56 Å². The Morgan fingerprint density at radius 3 is 2.33 bits per heavy atom. The van der Waals surface area contributed by atoms with Crippen LogP contribution in [0.4, 0.5) is 0 Å². The van der Waals surface area contributed by atoms with Crippen molar-refractivity contribution >= 4 is 18.3 Å². The van der Waals surface area contributed by atoms with Gasteiger partial charge in [0.25, 0.3) is 5.91 Å². The lowest BCUT2D eigenvalue weighted by molar-refractivity contribution is 0.0950. The zero-order valence-electron chi connectivity index (χ0n) is 12.2. The van der Waals surface area contributed by atoms with Crippen molar-refractivity contribution in [1.29, 1.82) is 0 Å². The fourth-order valence-electron chi connectivity index (χ4n) is 1.94. The van der Waals surface area contributed by atoms with Gasteiger partial charge in [0.15, 0.2) is 0 Å². The van der Waals surface area contributed by atoms with Gasteiger partial charge in [0.05, 0.1) is 11.8 Å². The maximum Gasteiger partial charge on any atom is 0.254 e. The summed E-state index contributed by atoms with van der Waals surface area (Å²) in [6.45, 7) is 4.70. The third-order valence-corrected chi connectivity index (χ3v) is 3.30. The molecule has 0 fully saturated rings. The Hall–Kier alpha value is -1.78. The van der Waals surface area contributed by atoms with Gasteiger partial charge in [0.2, 0.25) is 0 Å². The van der Waals surface area contributed by atoms with Crippen LogP contribution in [0.3, 0.4) is 0 Å². The fourth-order valence-corrected chi connectivity index (χ4v) is 1.94. The van der Waals surface area contributed by atoms with Crippen LogP contribution in [-0.2, 0) is 0 Å². The van der Waals surface area contributed by atoms with E-state index in [-0.39, 0.29) is 24.4 Å². The second-order valence-electron chi connectivity index (χ2n) is 5.15.